The topological polar surface area (TPSA) is 61.7 Å². The molecule has 0 aromatic carbocycles. The maximum absolute atomic E-state index is 10.2. The Hall–Kier alpha value is -0.585. The zero-order valence-electron chi connectivity index (χ0n) is 14.2. The number of aliphatic hydroxyl groups excluding tert-OH is 1. The van der Waals surface area contributed by atoms with Crippen molar-refractivity contribution in [3.05, 3.63) is 0 Å². The van der Waals surface area contributed by atoms with Crippen molar-refractivity contribution in [2.45, 2.75) is 83.8 Å². The minimum absolute atomic E-state index is 0.158. The van der Waals surface area contributed by atoms with E-state index in [1.54, 1.807) is 0 Å². The summed E-state index contributed by atoms with van der Waals surface area (Å²) < 4.78 is 5.62. The monoisotopic (exact) mass is 296 g/mol. The fourth-order valence-electron chi connectivity index (χ4n) is 2.77. The number of hydrazone groups is 1. The van der Waals surface area contributed by atoms with Crippen LogP contribution in [-0.2, 0) is 4.74 Å². The molecule has 0 bridgehead atoms. The van der Waals surface area contributed by atoms with Crippen molar-refractivity contribution in [3.63, 3.8) is 0 Å². The van der Waals surface area contributed by atoms with Crippen molar-refractivity contribution in [2.24, 2.45) is 5.10 Å². The van der Waals surface area contributed by atoms with Gasteiger partial charge >= 0.3 is 6.41 Å². The molecule has 0 aliphatic carbocycles. The molecule has 1 aliphatic heterocycles. The molecule has 3 N–H and O–H groups in total. The second-order valence-corrected chi connectivity index (χ2v) is 7.21. The Morgan fingerprint density at radius 2 is 2.14 bits per heavy atom. The van der Waals surface area contributed by atoms with Gasteiger partial charge in [0.25, 0.3) is 0 Å². The first kappa shape index (κ1) is 18.5. The SMILES string of the molecule is [B]CC1CC=NN1CC(C)(CCC)[NH2+]C(O)OC(C)(C)C. The Bertz CT molecular complexity index is 346. The smallest absolute Gasteiger partial charge is 0.304 e. The lowest BCUT2D eigenvalue weighted by atomic mass is 9.92. The molecule has 1 heterocycles. The predicted octanol–water partition coefficient (Wildman–Crippen LogP) is 0.847. The number of quaternary nitrogens is 1. The van der Waals surface area contributed by atoms with Crippen LogP contribution in [0.3, 0.4) is 0 Å². The molecule has 120 valence electrons. The normalized spacial score (nSPS) is 23.3. The maximum atomic E-state index is 10.2. The molecular formula is C15H31BN3O2+. The van der Waals surface area contributed by atoms with Crippen LogP contribution in [0.4, 0.5) is 0 Å². The van der Waals surface area contributed by atoms with E-state index in [1.165, 1.54) is 0 Å². The largest absolute Gasteiger partial charge is 0.321 e. The molecule has 3 unspecified atom stereocenters. The summed E-state index contributed by atoms with van der Waals surface area (Å²) in [5.41, 5.74) is -0.525. The highest BCUT2D eigenvalue weighted by molar-refractivity contribution is 6.09. The van der Waals surface area contributed by atoms with Gasteiger partial charge in [-0.25, -0.2) is 0 Å². The highest BCUT2D eigenvalue weighted by atomic mass is 16.6. The molecule has 1 aliphatic rings. The number of nitrogens with zero attached hydrogens (tertiary/aromatic N) is 2. The molecule has 5 nitrogen and oxygen atoms in total. The van der Waals surface area contributed by atoms with Gasteiger partial charge in [-0.05, 0) is 27.7 Å². The van der Waals surface area contributed by atoms with Crippen molar-refractivity contribution in [2.75, 3.05) is 6.54 Å². The number of hydrogen-bond acceptors (Lipinski definition) is 4. The first-order valence-electron chi connectivity index (χ1n) is 7.90. The average Bonchev–Trinajstić information content (AvgIpc) is 2.72. The van der Waals surface area contributed by atoms with Crippen LogP contribution in [0.2, 0.25) is 6.32 Å². The molecule has 21 heavy (non-hydrogen) atoms. The van der Waals surface area contributed by atoms with Crippen LogP contribution in [0.25, 0.3) is 0 Å². The van der Waals surface area contributed by atoms with Crippen molar-refractivity contribution in [1.82, 2.24) is 5.01 Å². The van der Waals surface area contributed by atoms with Crippen molar-refractivity contribution >= 4 is 14.1 Å². The highest BCUT2D eigenvalue weighted by Gasteiger charge is 2.36. The lowest BCUT2D eigenvalue weighted by molar-refractivity contribution is -0.821. The van der Waals surface area contributed by atoms with Gasteiger partial charge in [0.05, 0.1) is 20.0 Å². The van der Waals surface area contributed by atoms with Crippen LogP contribution in [0.1, 0.15) is 53.9 Å². The average molecular weight is 296 g/mol. The molecule has 2 radical (unpaired) electrons. The number of ether oxygens (including phenoxy) is 1. The first-order valence-corrected chi connectivity index (χ1v) is 7.90. The standard InChI is InChI=1S/C15H30BN3O2/c1-6-8-15(5,18-13(20)21-14(2,3)4)11-19-12(10-16)7-9-17-19/h9,12-13,18,20H,6-8,10-11H2,1-5H3/p+1. The Labute approximate surface area is 130 Å². The molecule has 0 saturated carbocycles. The van der Waals surface area contributed by atoms with Gasteiger partial charge in [0.15, 0.2) is 0 Å². The fourth-order valence-corrected chi connectivity index (χ4v) is 2.77. The van der Waals surface area contributed by atoms with E-state index in [1.807, 2.05) is 32.3 Å². The van der Waals surface area contributed by atoms with Crippen LogP contribution in [0.15, 0.2) is 5.10 Å². The van der Waals surface area contributed by atoms with Gasteiger partial charge in [-0.2, -0.15) is 5.10 Å². The quantitative estimate of drug-likeness (QED) is 0.515. The lowest BCUT2D eigenvalue weighted by Crippen LogP contribution is -3.02. The minimum atomic E-state index is -0.871. The zero-order chi connectivity index (χ0) is 16.1. The molecule has 1 rings (SSSR count). The van der Waals surface area contributed by atoms with E-state index in [-0.39, 0.29) is 17.2 Å². The summed E-state index contributed by atoms with van der Waals surface area (Å²) in [7, 11) is 5.80. The number of aliphatic hydroxyl groups is 1. The summed E-state index contributed by atoms with van der Waals surface area (Å²) in [4.78, 5) is 0. The van der Waals surface area contributed by atoms with Gasteiger partial charge in [0, 0.05) is 25.1 Å². The first-order chi connectivity index (χ1) is 9.69. The Balaban J connectivity index is 2.66. The van der Waals surface area contributed by atoms with Gasteiger partial charge in [-0.15, -0.1) is 0 Å². The molecule has 0 aromatic rings. The molecule has 0 aromatic heterocycles. The number of hydrogen-bond donors (Lipinski definition) is 2. The molecule has 3 atom stereocenters. The van der Waals surface area contributed by atoms with Gasteiger partial charge < -0.3 is 9.84 Å². The Morgan fingerprint density at radius 3 is 2.67 bits per heavy atom. The highest BCUT2D eigenvalue weighted by Crippen LogP contribution is 2.19. The van der Waals surface area contributed by atoms with E-state index in [2.05, 4.69) is 24.0 Å². The summed E-state index contributed by atoms with van der Waals surface area (Å²) in [6, 6.07) is 0.273. The second-order valence-electron chi connectivity index (χ2n) is 7.21. The third-order valence-electron chi connectivity index (χ3n) is 3.66. The van der Waals surface area contributed by atoms with E-state index >= 15 is 0 Å². The molecule has 0 fully saturated rings. The molecule has 0 spiro atoms. The van der Waals surface area contributed by atoms with E-state index in [0.717, 1.165) is 25.8 Å². The van der Waals surface area contributed by atoms with Crippen LogP contribution < -0.4 is 5.32 Å². The number of rotatable bonds is 8. The van der Waals surface area contributed by atoms with E-state index in [0.29, 0.717) is 6.32 Å². The summed E-state index contributed by atoms with van der Waals surface area (Å²) in [5, 5.41) is 18.6. The number of nitrogens with two attached hydrogens (primary N) is 1. The predicted molar refractivity (Wildman–Crippen MR) is 86.2 cm³/mol. The summed E-state index contributed by atoms with van der Waals surface area (Å²) in [6.45, 7) is 10.9. The van der Waals surface area contributed by atoms with Crippen molar-refractivity contribution in [3.8, 4) is 0 Å². The third kappa shape index (κ3) is 6.37. The Kier molecular flexibility index (Phi) is 6.69. The van der Waals surface area contributed by atoms with Crippen LogP contribution in [0.5, 0.6) is 0 Å². The zero-order valence-corrected chi connectivity index (χ0v) is 14.2. The summed E-state index contributed by atoms with van der Waals surface area (Å²) in [5.74, 6) is 0. The molecular weight excluding hydrogens is 265 g/mol. The molecule has 0 saturated heterocycles. The van der Waals surface area contributed by atoms with Crippen LogP contribution >= 0.6 is 0 Å². The second kappa shape index (κ2) is 7.61. The van der Waals surface area contributed by atoms with E-state index < -0.39 is 6.41 Å². The van der Waals surface area contributed by atoms with Gasteiger partial charge in [0.1, 0.15) is 5.54 Å². The molecule has 6 heteroatoms. The van der Waals surface area contributed by atoms with Gasteiger partial charge in [0.2, 0.25) is 0 Å². The van der Waals surface area contributed by atoms with Crippen LogP contribution in [0, 0.1) is 0 Å². The van der Waals surface area contributed by atoms with Gasteiger partial charge in [-0.3, -0.25) is 10.3 Å². The summed E-state index contributed by atoms with van der Waals surface area (Å²) >= 11 is 0. The van der Waals surface area contributed by atoms with E-state index in [9.17, 15) is 5.11 Å². The van der Waals surface area contributed by atoms with Gasteiger partial charge in [-0.1, -0.05) is 19.7 Å². The minimum Gasteiger partial charge on any atom is -0.321 e. The van der Waals surface area contributed by atoms with Crippen molar-refractivity contribution < 1.29 is 15.2 Å². The van der Waals surface area contributed by atoms with Crippen LogP contribution in [-0.4, -0.2) is 54.3 Å². The maximum Gasteiger partial charge on any atom is 0.304 e. The van der Waals surface area contributed by atoms with E-state index in [4.69, 9.17) is 12.6 Å². The fraction of sp³-hybridized carbons (Fsp3) is 0.933. The Morgan fingerprint density at radius 1 is 1.48 bits per heavy atom. The lowest BCUT2D eigenvalue weighted by Gasteiger charge is -2.36. The summed E-state index contributed by atoms with van der Waals surface area (Å²) in [6.07, 6.45) is 4.57. The molecule has 0 amide bonds. The third-order valence-corrected chi connectivity index (χ3v) is 3.66. The van der Waals surface area contributed by atoms with Crippen molar-refractivity contribution in [1.29, 1.82) is 0 Å².